The molecule has 5 aromatic rings. The first-order chi connectivity index (χ1) is 16.7. The molecule has 34 heavy (non-hydrogen) atoms. The molecule has 0 unspecified atom stereocenters. The number of hydrogen-bond acceptors (Lipinski definition) is 7. The predicted octanol–water partition coefficient (Wildman–Crippen LogP) is 3.74. The van der Waals surface area contributed by atoms with E-state index < -0.39 is 0 Å². The molecule has 9 nitrogen and oxygen atoms in total. The molecule has 1 amide bonds. The lowest BCUT2D eigenvalue weighted by molar-refractivity contribution is -0.118. The van der Waals surface area contributed by atoms with E-state index in [1.165, 1.54) is 0 Å². The zero-order chi connectivity index (χ0) is 23.3. The number of nitrogens with zero attached hydrogens (tertiary/aromatic N) is 6. The summed E-state index contributed by atoms with van der Waals surface area (Å²) in [6, 6.07) is 25.2. The van der Waals surface area contributed by atoms with Gasteiger partial charge in [-0.05, 0) is 60.7 Å². The average Bonchev–Trinajstić information content (AvgIpc) is 3.32. The fourth-order valence-corrected chi connectivity index (χ4v) is 3.33. The summed E-state index contributed by atoms with van der Waals surface area (Å²) in [5.74, 6) is 0.751. The smallest absolute Gasteiger partial charge is 0.262 e. The van der Waals surface area contributed by atoms with Crippen LogP contribution in [0.25, 0.3) is 28.4 Å². The molecular weight excluding hydrogens is 430 g/mol. The Hall–Kier alpha value is -5.10. The molecule has 3 aromatic heterocycles. The number of nitrogens with one attached hydrogen (secondary N) is 1. The molecule has 0 atom stereocenters. The summed E-state index contributed by atoms with van der Waals surface area (Å²) in [6.45, 7) is -0.158. The average molecular weight is 447 g/mol. The molecule has 0 radical (unpaired) electrons. The first-order valence-electron chi connectivity index (χ1n) is 10.4. The first-order valence-corrected chi connectivity index (χ1v) is 10.4. The molecule has 0 aliphatic carbocycles. The van der Waals surface area contributed by atoms with E-state index in [0.717, 1.165) is 5.56 Å². The van der Waals surface area contributed by atoms with Crippen LogP contribution in [0, 0.1) is 11.3 Å². The van der Waals surface area contributed by atoms with Gasteiger partial charge in [-0.2, -0.15) is 14.9 Å². The second-order valence-corrected chi connectivity index (χ2v) is 7.28. The van der Waals surface area contributed by atoms with E-state index in [4.69, 9.17) is 10.00 Å². The van der Waals surface area contributed by atoms with Crippen molar-refractivity contribution in [1.29, 1.82) is 5.26 Å². The minimum Gasteiger partial charge on any atom is -0.484 e. The van der Waals surface area contributed by atoms with Crippen LogP contribution in [0.2, 0.25) is 0 Å². The predicted molar refractivity (Wildman–Crippen MR) is 125 cm³/mol. The number of fused-ring (bicyclic) bond motifs is 1. The van der Waals surface area contributed by atoms with E-state index in [-0.39, 0.29) is 12.5 Å². The van der Waals surface area contributed by atoms with Gasteiger partial charge < -0.3 is 10.1 Å². The van der Waals surface area contributed by atoms with Gasteiger partial charge in [-0.15, -0.1) is 10.2 Å². The highest BCUT2D eigenvalue weighted by atomic mass is 16.5. The Labute approximate surface area is 194 Å². The van der Waals surface area contributed by atoms with Crippen LogP contribution in [0.5, 0.6) is 5.75 Å². The molecule has 164 valence electrons. The van der Waals surface area contributed by atoms with Crippen LogP contribution in [0.15, 0.2) is 85.1 Å². The van der Waals surface area contributed by atoms with Crippen molar-refractivity contribution in [2.75, 3.05) is 11.9 Å². The van der Waals surface area contributed by atoms with E-state index in [0.29, 0.717) is 39.9 Å². The highest BCUT2D eigenvalue weighted by Gasteiger charge is 2.12. The lowest BCUT2D eigenvalue weighted by atomic mass is 10.1. The zero-order valence-electron chi connectivity index (χ0n) is 17.8. The van der Waals surface area contributed by atoms with Gasteiger partial charge in [0.15, 0.2) is 12.3 Å². The largest absolute Gasteiger partial charge is 0.484 e. The molecule has 0 bridgehead atoms. The van der Waals surface area contributed by atoms with Gasteiger partial charge in [0, 0.05) is 17.4 Å². The maximum atomic E-state index is 12.4. The van der Waals surface area contributed by atoms with Crippen LogP contribution in [0.3, 0.4) is 0 Å². The van der Waals surface area contributed by atoms with Gasteiger partial charge in [0.25, 0.3) is 5.91 Å². The van der Waals surface area contributed by atoms with Crippen LogP contribution >= 0.6 is 0 Å². The number of carbonyl (C=O) groups is 1. The summed E-state index contributed by atoms with van der Waals surface area (Å²) in [5.41, 5.74) is 3.92. The topological polar surface area (TPSA) is 118 Å². The standard InChI is InChI=1S/C25H17N7O2/c26-15-17-7-9-20(10-8-17)34-16-24(33)28-19-5-3-4-18(14-19)21-11-12-23-29-30-25(32(23)31-21)22-6-1-2-13-27-22/h1-14H,16H2,(H,28,33). The molecule has 0 saturated heterocycles. The van der Waals surface area contributed by atoms with Gasteiger partial charge in [-0.25, -0.2) is 0 Å². The van der Waals surface area contributed by atoms with Crippen molar-refractivity contribution in [3.8, 4) is 34.6 Å². The molecule has 5 rings (SSSR count). The molecule has 9 heteroatoms. The second kappa shape index (κ2) is 9.18. The summed E-state index contributed by atoms with van der Waals surface area (Å²) in [4.78, 5) is 16.7. The fraction of sp³-hybridized carbons (Fsp3) is 0.0400. The second-order valence-electron chi connectivity index (χ2n) is 7.28. The Balaban J connectivity index is 1.32. The third-order valence-corrected chi connectivity index (χ3v) is 4.95. The maximum Gasteiger partial charge on any atom is 0.262 e. The SMILES string of the molecule is N#Cc1ccc(OCC(=O)Nc2cccc(-c3ccc4nnc(-c5ccccn5)n4n3)c2)cc1. The Kier molecular flexibility index (Phi) is 5.61. The van der Waals surface area contributed by atoms with Crippen LogP contribution in [0.4, 0.5) is 5.69 Å². The number of ether oxygens (including phenoxy) is 1. The maximum absolute atomic E-state index is 12.4. The number of nitriles is 1. The number of pyridine rings is 1. The molecule has 1 N–H and O–H groups in total. The van der Waals surface area contributed by atoms with E-state index in [2.05, 4.69) is 25.6 Å². The number of benzene rings is 2. The summed E-state index contributed by atoms with van der Waals surface area (Å²) in [7, 11) is 0. The number of anilines is 1. The fourth-order valence-electron chi connectivity index (χ4n) is 3.33. The normalized spacial score (nSPS) is 10.6. The highest BCUT2D eigenvalue weighted by Crippen LogP contribution is 2.23. The Morgan fingerprint density at radius 1 is 0.971 bits per heavy atom. The quantitative estimate of drug-likeness (QED) is 0.421. The van der Waals surface area contributed by atoms with Gasteiger partial charge in [0.05, 0.1) is 17.3 Å². The zero-order valence-corrected chi connectivity index (χ0v) is 17.8. The molecule has 2 aromatic carbocycles. The highest BCUT2D eigenvalue weighted by molar-refractivity contribution is 5.92. The minimum absolute atomic E-state index is 0.158. The molecule has 0 fully saturated rings. The van der Waals surface area contributed by atoms with Crippen molar-refractivity contribution in [2.24, 2.45) is 0 Å². The Morgan fingerprint density at radius 2 is 1.85 bits per heavy atom. The molecule has 0 aliphatic rings. The summed E-state index contributed by atoms with van der Waals surface area (Å²) in [6.07, 6.45) is 1.69. The number of hydrogen-bond donors (Lipinski definition) is 1. The van der Waals surface area contributed by atoms with E-state index in [1.54, 1.807) is 41.0 Å². The van der Waals surface area contributed by atoms with Gasteiger partial charge in [0.2, 0.25) is 5.82 Å². The van der Waals surface area contributed by atoms with Gasteiger partial charge in [0.1, 0.15) is 11.4 Å². The number of rotatable bonds is 6. The van der Waals surface area contributed by atoms with Crippen molar-refractivity contribution in [2.45, 2.75) is 0 Å². The van der Waals surface area contributed by atoms with Crippen LogP contribution in [-0.4, -0.2) is 37.3 Å². The van der Waals surface area contributed by atoms with E-state index in [1.807, 2.05) is 54.6 Å². The van der Waals surface area contributed by atoms with Crippen molar-refractivity contribution < 1.29 is 9.53 Å². The Bertz CT molecular complexity index is 1510. The molecule has 0 aliphatic heterocycles. The summed E-state index contributed by atoms with van der Waals surface area (Å²) in [5, 5.41) is 24.7. The minimum atomic E-state index is -0.304. The van der Waals surface area contributed by atoms with Gasteiger partial charge in [-0.3, -0.25) is 9.78 Å². The monoisotopic (exact) mass is 447 g/mol. The number of amides is 1. The number of carbonyl (C=O) groups excluding carboxylic acids is 1. The first kappa shape index (κ1) is 20.8. The third-order valence-electron chi connectivity index (χ3n) is 4.95. The van der Waals surface area contributed by atoms with Crippen LogP contribution < -0.4 is 10.1 Å². The summed E-state index contributed by atoms with van der Waals surface area (Å²) < 4.78 is 7.14. The van der Waals surface area contributed by atoms with Crippen molar-refractivity contribution in [3.05, 3.63) is 90.6 Å². The lowest BCUT2D eigenvalue weighted by Crippen LogP contribution is -2.20. The van der Waals surface area contributed by atoms with Crippen LogP contribution in [0.1, 0.15) is 5.56 Å². The summed E-state index contributed by atoms with van der Waals surface area (Å²) >= 11 is 0. The lowest BCUT2D eigenvalue weighted by Gasteiger charge is -2.09. The van der Waals surface area contributed by atoms with E-state index in [9.17, 15) is 4.79 Å². The van der Waals surface area contributed by atoms with Crippen molar-refractivity contribution in [1.82, 2.24) is 24.8 Å². The third kappa shape index (κ3) is 4.42. The van der Waals surface area contributed by atoms with Gasteiger partial charge >= 0.3 is 0 Å². The molecule has 3 heterocycles. The Morgan fingerprint density at radius 3 is 2.65 bits per heavy atom. The van der Waals surface area contributed by atoms with Crippen molar-refractivity contribution in [3.63, 3.8) is 0 Å². The molecular formula is C25H17N7O2. The molecule has 0 saturated carbocycles. The number of aromatic nitrogens is 5. The van der Waals surface area contributed by atoms with Gasteiger partial charge in [-0.1, -0.05) is 18.2 Å². The van der Waals surface area contributed by atoms with E-state index >= 15 is 0 Å². The van der Waals surface area contributed by atoms with Crippen molar-refractivity contribution >= 4 is 17.2 Å². The molecule has 0 spiro atoms. The van der Waals surface area contributed by atoms with Crippen LogP contribution in [-0.2, 0) is 4.79 Å².